The molecule has 5 fully saturated rings. The molecule has 3 saturated heterocycles. The number of benzene rings is 1. The fourth-order valence-corrected chi connectivity index (χ4v) is 15.1. The molecule has 3 aliphatic heterocycles. The van der Waals surface area contributed by atoms with Gasteiger partial charge >= 0.3 is 6.18 Å². The minimum absolute atomic E-state index is 0.00341. The van der Waals surface area contributed by atoms with Gasteiger partial charge in [0, 0.05) is 69.0 Å². The highest BCUT2D eigenvalue weighted by Crippen LogP contribution is 2.37. The van der Waals surface area contributed by atoms with Crippen molar-refractivity contribution in [1.82, 2.24) is 60.0 Å². The van der Waals surface area contributed by atoms with E-state index in [1.54, 1.807) is 25.7 Å². The third-order valence-corrected chi connectivity index (χ3v) is 21.9. The van der Waals surface area contributed by atoms with Crippen molar-refractivity contribution in [3.05, 3.63) is 34.3 Å². The number of hydrogen-bond donors (Lipinski definition) is 4. The summed E-state index contributed by atoms with van der Waals surface area (Å²) in [4.78, 5) is 190. The molecule has 2 saturated carbocycles. The van der Waals surface area contributed by atoms with Gasteiger partial charge in [-0.3, -0.25) is 57.5 Å². The first-order chi connectivity index (χ1) is 46.9. The van der Waals surface area contributed by atoms with Crippen LogP contribution in [0.25, 0.3) is 0 Å². The fourth-order valence-electron chi connectivity index (χ4n) is 14.8. The van der Waals surface area contributed by atoms with E-state index in [1.807, 2.05) is 20.8 Å². The molecule has 1 aromatic carbocycles. The summed E-state index contributed by atoms with van der Waals surface area (Å²) >= 11 is 6.12. The van der Waals surface area contributed by atoms with E-state index in [0.717, 1.165) is 71.4 Å². The van der Waals surface area contributed by atoms with Crippen LogP contribution < -0.4 is 16.0 Å². The van der Waals surface area contributed by atoms with E-state index in [0.29, 0.717) is 45.2 Å². The summed E-state index contributed by atoms with van der Waals surface area (Å²) < 4.78 is 41.5. The number of aryl methyl sites for hydroxylation is 1. The summed E-state index contributed by atoms with van der Waals surface area (Å²) in [5.41, 5.74) is -2.59. The third-order valence-electron chi connectivity index (χ3n) is 21.6. The van der Waals surface area contributed by atoms with E-state index < -0.39 is 179 Å². The molecular weight excluding hydrogens is 1320 g/mol. The summed E-state index contributed by atoms with van der Waals surface area (Å²) in [6, 6.07) is -8.91. The number of rotatable bonds is 12. The number of fused-ring (bicyclic) bond motifs is 1. The van der Waals surface area contributed by atoms with Crippen molar-refractivity contribution in [3.63, 3.8) is 0 Å². The molecule has 0 bridgehead atoms. The zero-order valence-corrected chi connectivity index (χ0v) is 61.8. The average Bonchev–Trinajstić information content (AvgIpc) is 1.19. The van der Waals surface area contributed by atoms with Crippen LogP contribution in [0, 0.1) is 23.7 Å². The van der Waals surface area contributed by atoms with Gasteiger partial charge in [-0.25, -0.2) is 0 Å². The Hall–Kier alpha value is -7.10. The first-order valence-electron chi connectivity index (χ1n) is 35.7. The Morgan fingerprint density at radius 3 is 1.83 bits per heavy atom. The lowest BCUT2D eigenvalue weighted by atomic mass is 9.84. The summed E-state index contributed by atoms with van der Waals surface area (Å²) in [5, 5.41) is 18.8. The van der Waals surface area contributed by atoms with Crippen LogP contribution in [0.1, 0.15) is 175 Å². The number of nitrogens with one attached hydrogen (secondary N) is 3. The van der Waals surface area contributed by atoms with Crippen LogP contribution in [0.4, 0.5) is 13.2 Å². The molecule has 10 atom stereocenters. The zero-order chi connectivity index (χ0) is 74.6. The van der Waals surface area contributed by atoms with E-state index in [2.05, 4.69) is 16.0 Å². The molecule has 12 amide bonds. The third kappa shape index (κ3) is 19.5. The molecular formula is C71H110ClF3N12O13. The first-order valence-corrected chi connectivity index (χ1v) is 36.1. The second-order valence-corrected chi connectivity index (χ2v) is 29.8. The highest BCUT2D eigenvalue weighted by atomic mass is 35.5. The van der Waals surface area contributed by atoms with Gasteiger partial charge in [0.2, 0.25) is 70.9 Å². The van der Waals surface area contributed by atoms with Gasteiger partial charge in [-0.15, -0.1) is 0 Å². The lowest BCUT2D eigenvalue weighted by Gasteiger charge is -2.45. The number of alkyl halides is 3. The standard InChI is InChI=1S/C71H110ClF3N12O13/c1-15-44(6)58-67(98)80(9)45(7)62(93)87-35-30-51(87)65(96)82(11)53(38-46-24-18-16-19-25-46)64(95)79(8)40-56(89)76-50(29-27-47-26-28-48(49(72)37-47)71(73,74)75)63(94)84(13)55(41-88)61(92)78-70(31-20-21-32-70)69(100)85(14)59(43(4)5)68(99)83(12)54(66(97)86-33-22-17-23-34-86)39-57(90)81(10)52(36-42(2)3)60(91)77-58/h26,28,37,42-46,50-55,58-59,88H,15-25,27,29-36,38-41H2,1-14H3,(H,76,89)(H,77,91)(H,78,92)/t44-,45-,50-,51?,52-,53-,54-,55+,58-,59-/m0/s1. The van der Waals surface area contributed by atoms with Gasteiger partial charge in [0.05, 0.1) is 30.2 Å². The molecule has 5 aliphatic rings. The van der Waals surface area contributed by atoms with Crippen LogP contribution in [-0.4, -0.2) is 262 Å². The van der Waals surface area contributed by atoms with Crippen molar-refractivity contribution < 1.29 is 75.8 Å². The minimum Gasteiger partial charge on any atom is -0.394 e. The number of carbonyl (C=O) groups is 12. The fraction of sp³-hybridized carbons (Fsp3) is 0.746. The Balaban J connectivity index is 1.44. The lowest BCUT2D eigenvalue weighted by molar-refractivity contribution is -0.160. The van der Waals surface area contributed by atoms with Crippen molar-refractivity contribution >= 4 is 82.5 Å². The number of likely N-dealkylation sites (N-methyl/N-ethyl adjacent to an activating group) is 7. The summed E-state index contributed by atoms with van der Waals surface area (Å²) in [7, 11) is 9.59. The number of aliphatic hydroxyl groups is 1. The average molecular weight is 1430 g/mol. The van der Waals surface area contributed by atoms with Crippen LogP contribution in [0.3, 0.4) is 0 Å². The number of amides is 12. The predicted octanol–water partition coefficient (Wildman–Crippen LogP) is 4.86. The molecule has 6 rings (SSSR count). The molecule has 1 spiro atoms. The maximum absolute atomic E-state index is 15.4. The molecule has 100 heavy (non-hydrogen) atoms. The second kappa shape index (κ2) is 35.7. The number of hydrogen-bond acceptors (Lipinski definition) is 13. The van der Waals surface area contributed by atoms with Gasteiger partial charge in [0.15, 0.2) is 0 Å². The largest absolute Gasteiger partial charge is 0.417 e. The zero-order valence-electron chi connectivity index (χ0n) is 61.1. The highest BCUT2D eigenvalue weighted by Gasteiger charge is 2.51. The predicted molar refractivity (Wildman–Crippen MR) is 368 cm³/mol. The van der Waals surface area contributed by atoms with Crippen LogP contribution >= 0.6 is 11.6 Å². The van der Waals surface area contributed by atoms with Gasteiger partial charge in [0.1, 0.15) is 59.9 Å². The molecule has 25 nitrogen and oxygen atoms in total. The molecule has 0 radical (unpaired) electrons. The number of piperidine rings is 1. The monoisotopic (exact) mass is 1430 g/mol. The Bertz CT molecular complexity index is 3120. The van der Waals surface area contributed by atoms with Gasteiger partial charge in [-0.2, -0.15) is 13.2 Å². The highest BCUT2D eigenvalue weighted by molar-refractivity contribution is 6.31. The summed E-state index contributed by atoms with van der Waals surface area (Å²) in [5.74, 6) is -9.95. The molecule has 1 unspecified atom stereocenters. The minimum atomic E-state index is -4.79. The number of nitrogens with zero attached hydrogens (tertiary/aromatic N) is 9. The van der Waals surface area contributed by atoms with E-state index in [4.69, 9.17) is 11.6 Å². The smallest absolute Gasteiger partial charge is 0.394 e. The van der Waals surface area contributed by atoms with E-state index in [1.165, 1.54) is 80.8 Å². The number of carbonyl (C=O) groups excluding carboxylic acids is 12. The van der Waals surface area contributed by atoms with E-state index in [9.17, 15) is 61.4 Å². The molecule has 2 aliphatic carbocycles. The molecule has 0 aromatic heterocycles. The Morgan fingerprint density at radius 2 is 1.28 bits per heavy atom. The van der Waals surface area contributed by atoms with Gasteiger partial charge in [0.25, 0.3) is 0 Å². The van der Waals surface area contributed by atoms with E-state index >= 15 is 14.4 Å². The normalized spacial score (nSPS) is 27.3. The van der Waals surface area contributed by atoms with Crippen molar-refractivity contribution in [2.24, 2.45) is 23.7 Å². The quantitative estimate of drug-likeness (QED) is 0.218. The van der Waals surface area contributed by atoms with Crippen molar-refractivity contribution in [2.75, 3.05) is 82.1 Å². The van der Waals surface area contributed by atoms with Gasteiger partial charge < -0.3 is 65.2 Å². The molecule has 560 valence electrons. The SMILES string of the molecule is CC[C@H](C)[C@@H]1NC(=O)[C@H](CC(C)C)N(C)C(=O)C[C@@H](C(=O)N2CCCCC2)N(C)C(=O)[C@H](C(C)C)N(C)C(=O)C2(CCCC2)NC(=O)[C@@H](CO)N(C)C(=O)[C@H](CCc2ccc(C(F)(F)F)c(Cl)c2)NC(=O)CN(C)C(=O)[C@H](CC2CCCCC2)N(C)C(=O)C2CCN2C(=O)[C@H](C)N(C)C1=O. The van der Waals surface area contributed by atoms with Crippen molar-refractivity contribution in [3.8, 4) is 0 Å². The summed E-state index contributed by atoms with van der Waals surface area (Å²) in [6.45, 7) is 11.3. The second-order valence-electron chi connectivity index (χ2n) is 29.4. The maximum atomic E-state index is 15.4. The van der Waals surface area contributed by atoms with Gasteiger partial charge in [-0.05, 0) is 112 Å². The molecule has 1 aromatic rings. The van der Waals surface area contributed by atoms with Crippen LogP contribution in [0.5, 0.6) is 0 Å². The lowest BCUT2D eigenvalue weighted by Crippen LogP contribution is -2.65. The number of aliphatic hydroxyl groups excluding tert-OH is 1. The first kappa shape index (κ1) is 81.9. The van der Waals surface area contributed by atoms with Crippen molar-refractivity contribution in [1.29, 1.82) is 0 Å². The van der Waals surface area contributed by atoms with E-state index in [-0.39, 0.29) is 68.9 Å². The topological polar surface area (TPSA) is 290 Å². The number of halogens is 4. The number of likely N-dealkylation sites (tertiary alicyclic amines) is 1. The maximum Gasteiger partial charge on any atom is 0.417 e. The molecule has 4 N–H and O–H groups in total. The Kier molecular flexibility index (Phi) is 29.2. The molecule has 29 heteroatoms. The van der Waals surface area contributed by atoms with Crippen LogP contribution in [0.15, 0.2) is 18.2 Å². The Labute approximate surface area is 592 Å². The van der Waals surface area contributed by atoms with Crippen LogP contribution in [0.2, 0.25) is 5.02 Å². The van der Waals surface area contributed by atoms with Gasteiger partial charge in [-0.1, -0.05) is 111 Å². The Morgan fingerprint density at radius 1 is 0.670 bits per heavy atom. The molecule has 3 heterocycles. The summed E-state index contributed by atoms with van der Waals surface area (Å²) in [6.07, 6.45) is 2.45. The van der Waals surface area contributed by atoms with Crippen LogP contribution in [-0.2, 0) is 70.1 Å². The van der Waals surface area contributed by atoms with Crippen molar-refractivity contribution in [2.45, 2.75) is 237 Å².